The molecule has 0 unspecified atom stereocenters. The second kappa shape index (κ2) is 10.1. The van der Waals surface area contributed by atoms with Crippen LogP contribution in [0.25, 0.3) is 0 Å². The van der Waals surface area contributed by atoms with Gasteiger partial charge in [-0.05, 0) is 57.9 Å². The molecular formula is C23H32N4O3S. The van der Waals surface area contributed by atoms with Gasteiger partial charge in [0.2, 0.25) is 5.91 Å². The van der Waals surface area contributed by atoms with Gasteiger partial charge in [0.05, 0.1) is 36.8 Å². The van der Waals surface area contributed by atoms with E-state index < -0.39 is 0 Å². The lowest BCUT2D eigenvalue weighted by molar-refractivity contribution is -0.115. The molecule has 2 saturated heterocycles. The molecule has 4 rings (SSSR count). The number of imidazole rings is 1. The first-order valence-electron chi connectivity index (χ1n) is 11.1. The maximum absolute atomic E-state index is 12.8. The molecule has 0 spiro atoms. The second-order valence-electron chi connectivity index (χ2n) is 8.21. The minimum Gasteiger partial charge on any atom is -0.378 e. The highest BCUT2D eigenvalue weighted by molar-refractivity contribution is 8.00. The molecule has 2 aliphatic rings. The fraction of sp³-hybridized carbons (Fsp3) is 0.565. The maximum Gasteiger partial charge on any atom is 0.237 e. The molecule has 0 aliphatic carbocycles. The second-order valence-corrected chi connectivity index (χ2v) is 9.51. The number of hydrogen-bond donors (Lipinski definition) is 1. The summed E-state index contributed by atoms with van der Waals surface area (Å²) < 4.78 is 13.4. The predicted octanol–water partition coefficient (Wildman–Crippen LogP) is 3.63. The van der Waals surface area contributed by atoms with E-state index in [1.165, 1.54) is 11.8 Å². The summed E-state index contributed by atoms with van der Waals surface area (Å²) in [7, 11) is 0. The lowest BCUT2D eigenvalue weighted by atomic mass is 10.2. The van der Waals surface area contributed by atoms with Crippen LogP contribution < -0.4 is 10.2 Å². The monoisotopic (exact) mass is 444 g/mol. The Morgan fingerprint density at radius 2 is 1.97 bits per heavy atom. The highest BCUT2D eigenvalue weighted by Crippen LogP contribution is 2.28. The first kappa shape index (κ1) is 22.2. The molecule has 0 radical (unpaired) electrons. The van der Waals surface area contributed by atoms with E-state index in [-0.39, 0.29) is 17.3 Å². The van der Waals surface area contributed by atoms with Crippen molar-refractivity contribution in [3.05, 3.63) is 35.7 Å². The Hall–Kier alpha value is -2.03. The van der Waals surface area contributed by atoms with Crippen LogP contribution in [0.4, 0.5) is 11.4 Å². The number of carbonyl (C=O) groups is 1. The first-order chi connectivity index (χ1) is 15.0. The van der Waals surface area contributed by atoms with E-state index in [9.17, 15) is 4.79 Å². The molecule has 3 heterocycles. The van der Waals surface area contributed by atoms with Gasteiger partial charge in [0.15, 0.2) is 5.16 Å². The van der Waals surface area contributed by atoms with E-state index in [0.717, 1.165) is 80.2 Å². The molecule has 0 bridgehead atoms. The Bertz CT molecular complexity index is 887. The number of aromatic nitrogens is 2. The summed E-state index contributed by atoms with van der Waals surface area (Å²) in [5.41, 5.74) is 4.12. The molecule has 1 N–H and O–H groups in total. The van der Waals surface area contributed by atoms with Crippen molar-refractivity contribution >= 4 is 29.0 Å². The third kappa shape index (κ3) is 5.42. The van der Waals surface area contributed by atoms with Gasteiger partial charge in [-0.3, -0.25) is 4.79 Å². The lowest BCUT2D eigenvalue weighted by Gasteiger charge is -2.28. The van der Waals surface area contributed by atoms with Crippen molar-refractivity contribution in [3.8, 4) is 0 Å². The number of carbonyl (C=O) groups excluding carboxylic acids is 1. The lowest BCUT2D eigenvalue weighted by Crippen LogP contribution is -2.36. The number of thioether (sulfide) groups is 1. The predicted molar refractivity (Wildman–Crippen MR) is 124 cm³/mol. The maximum atomic E-state index is 12.8. The molecule has 7 nitrogen and oxygen atoms in total. The molecule has 2 aliphatic heterocycles. The van der Waals surface area contributed by atoms with E-state index >= 15 is 0 Å². The fourth-order valence-electron chi connectivity index (χ4n) is 3.95. The minimum absolute atomic E-state index is 0.0221. The molecule has 31 heavy (non-hydrogen) atoms. The van der Waals surface area contributed by atoms with Gasteiger partial charge in [-0.15, -0.1) is 0 Å². The number of nitrogens with one attached hydrogen (secondary N) is 1. The zero-order valence-corrected chi connectivity index (χ0v) is 19.4. The molecule has 1 amide bonds. The van der Waals surface area contributed by atoms with E-state index in [4.69, 9.17) is 14.5 Å². The van der Waals surface area contributed by atoms with Crippen LogP contribution in [0.15, 0.2) is 29.4 Å². The highest BCUT2D eigenvalue weighted by Gasteiger charge is 2.23. The highest BCUT2D eigenvalue weighted by atomic mass is 32.2. The van der Waals surface area contributed by atoms with Crippen molar-refractivity contribution in [1.82, 2.24) is 9.55 Å². The summed E-state index contributed by atoms with van der Waals surface area (Å²) in [6.45, 7) is 11.0. The Labute approximate surface area is 188 Å². The van der Waals surface area contributed by atoms with E-state index in [1.54, 1.807) is 0 Å². The molecule has 2 atom stereocenters. The largest absolute Gasteiger partial charge is 0.378 e. The molecule has 1 aromatic heterocycles. The molecule has 2 aromatic rings. The number of anilines is 2. The summed E-state index contributed by atoms with van der Waals surface area (Å²) in [5, 5.41) is 3.67. The number of nitrogens with zero attached hydrogens (tertiary/aromatic N) is 3. The Kier molecular flexibility index (Phi) is 7.20. The summed E-state index contributed by atoms with van der Waals surface area (Å²) >= 11 is 1.50. The van der Waals surface area contributed by atoms with Gasteiger partial charge in [-0.1, -0.05) is 11.8 Å². The van der Waals surface area contributed by atoms with Crippen LogP contribution in [0.1, 0.15) is 31.2 Å². The summed E-state index contributed by atoms with van der Waals surface area (Å²) in [4.78, 5) is 19.8. The van der Waals surface area contributed by atoms with Crippen LogP contribution in [-0.2, 0) is 20.8 Å². The van der Waals surface area contributed by atoms with Crippen molar-refractivity contribution in [2.24, 2.45) is 0 Å². The van der Waals surface area contributed by atoms with Crippen LogP contribution in [0.3, 0.4) is 0 Å². The van der Waals surface area contributed by atoms with Gasteiger partial charge in [-0.25, -0.2) is 4.98 Å². The quantitative estimate of drug-likeness (QED) is 0.658. The number of aryl methyl sites for hydroxylation is 1. The molecule has 168 valence electrons. The fourth-order valence-corrected chi connectivity index (χ4v) is 4.96. The SMILES string of the molecule is Cc1nc(S[C@@H](C)C(=O)Nc2ccc(N3CCOCC3)cc2)n(C[C@H]2CCCO2)c1C. The van der Waals surface area contributed by atoms with E-state index in [0.29, 0.717) is 0 Å². The topological polar surface area (TPSA) is 68.6 Å². The summed E-state index contributed by atoms with van der Waals surface area (Å²) in [6.07, 6.45) is 2.43. The average Bonchev–Trinajstić information content (AvgIpc) is 3.39. The van der Waals surface area contributed by atoms with Crippen LogP contribution in [0, 0.1) is 13.8 Å². The van der Waals surface area contributed by atoms with Crippen molar-refractivity contribution in [3.63, 3.8) is 0 Å². The average molecular weight is 445 g/mol. The molecular weight excluding hydrogens is 412 g/mol. The van der Waals surface area contributed by atoms with Crippen molar-refractivity contribution in [1.29, 1.82) is 0 Å². The number of hydrogen-bond acceptors (Lipinski definition) is 6. The van der Waals surface area contributed by atoms with Crippen LogP contribution in [0.5, 0.6) is 0 Å². The number of morpholine rings is 1. The van der Waals surface area contributed by atoms with Gasteiger partial charge in [-0.2, -0.15) is 0 Å². The van der Waals surface area contributed by atoms with Crippen LogP contribution in [-0.4, -0.2) is 59.7 Å². The Morgan fingerprint density at radius 1 is 1.23 bits per heavy atom. The number of amides is 1. The normalized spacial score (nSPS) is 20.1. The zero-order chi connectivity index (χ0) is 21.8. The summed E-state index contributed by atoms with van der Waals surface area (Å²) in [5.74, 6) is -0.0221. The van der Waals surface area contributed by atoms with E-state index in [1.807, 2.05) is 26.0 Å². The van der Waals surface area contributed by atoms with Gasteiger partial charge < -0.3 is 24.3 Å². The van der Waals surface area contributed by atoms with Gasteiger partial charge in [0, 0.05) is 36.8 Å². The third-order valence-electron chi connectivity index (χ3n) is 6.00. The minimum atomic E-state index is -0.261. The Morgan fingerprint density at radius 3 is 2.65 bits per heavy atom. The van der Waals surface area contributed by atoms with Crippen LogP contribution >= 0.6 is 11.8 Å². The standard InChI is InChI=1S/C23H32N4O3S/c1-16-17(2)27(15-21-5-4-12-30-21)23(24-16)31-18(3)22(28)25-19-6-8-20(9-7-19)26-10-13-29-14-11-26/h6-9,18,21H,4-5,10-15H2,1-3H3,(H,25,28)/t18-,21+/m0/s1. The van der Waals surface area contributed by atoms with Crippen molar-refractivity contribution in [2.75, 3.05) is 43.1 Å². The third-order valence-corrected chi connectivity index (χ3v) is 7.09. The van der Waals surface area contributed by atoms with Crippen LogP contribution in [0.2, 0.25) is 0 Å². The van der Waals surface area contributed by atoms with E-state index in [2.05, 4.69) is 33.8 Å². The number of ether oxygens (including phenoxy) is 2. The molecule has 8 heteroatoms. The smallest absolute Gasteiger partial charge is 0.237 e. The molecule has 2 fully saturated rings. The van der Waals surface area contributed by atoms with Gasteiger partial charge in [0.25, 0.3) is 0 Å². The zero-order valence-electron chi connectivity index (χ0n) is 18.6. The summed E-state index contributed by atoms with van der Waals surface area (Å²) in [6, 6.07) is 8.04. The Balaban J connectivity index is 1.37. The number of benzene rings is 1. The molecule has 0 saturated carbocycles. The number of rotatable bonds is 7. The molecule has 1 aromatic carbocycles. The van der Waals surface area contributed by atoms with Gasteiger partial charge in [0.1, 0.15) is 0 Å². The van der Waals surface area contributed by atoms with Crippen molar-refractivity contribution < 1.29 is 14.3 Å². The first-order valence-corrected chi connectivity index (χ1v) is 11.9. The van der Waals surface area contributed by atoms with Crippen molar-refractivity contribution in [2.45, 2.75) is 56.7 Å². The van der Waals surface area contributed by atoms with Gasteiger partial charge >= 0.3 is 0 Å².